The van der Waals surface area contributed by atoms with Crippen molar-refractivity contribution in [1.29, 1.82) is 0 Å². The average molecular weight is 515 g/mol. The Morgan fingerprint density at radius 3 is 2.89 bits per heavy atom. The molecular formula is C31H44F2N2O2. The average Bonchev–Trinajstić information content (AvgIpc) is 3.58. The number of carbonyl (C=O) groups excluding carboxylic acids is 1. The predicted molar refractivity (Wildman–Crippen MR) is 140 cm³/mol. The number of alkyl halides is 2. The second kappa shape index (κ2) is 10.3. The molecule has 4 fully saturated rings. The molecule has 1 aromatic heterocycles. The number of carbonyl (C=O) groups is 1. The third-order valence-corrected chi connectivity index (χ3v) is 10.7. The van der Waals surface area contributed by atoms with Crippen molar-refractivity contribution in [2.75, 3.05) is 13.2 Å². The lowest BCUT2D eigenvalue weighted by atomic mass is 9.74. The van der Waals surface area contributed by atoms with Crippen LogP contribution in [-0.2, 0) is 28.3 Å². The monoisotopic (exact) mass is 514 g/mol. The number of hydrogen-bond donors (Lipinski definition) is 1. The number of ether oxygens (including phenoxy) is 1. The SMILES string of the molecule is CC(F)(F)c1cnc2c(c1)CC(CCC(=O)[C@@]13CCC[C@@H]1C[C@@H](N[C@@H]1CCOC[C@H]1C1CC1)C3)CCC2. The van der Waals surface area contributed by atoms with Crippen molar-refractivity contribution in [3.63, 3.8) is 0 Å². The summed E-state index contributed by atoms with van der Waals surface area (Å²) in [6.07, 6.45) is 16.0. The lowest BCUT2D eigenvalue weighted by Gasteiger charge is -2.35. The van der Waals surface area contributed by atoms with Gasteiger partial charge in [-0.1, -0.05) is 6.42 Å². The minimum atomic E-state index is -2.87. The van der Waals surface area contributed by atoms with Gasteiger partial charge in [0.15, 0.2) is 0 Å². The van der Waals surface area contributed by atoms with Gasteiger partial charge in [0, 0.05) is 60.8 Å². The quantitative estimate of drug-likeness (QED) is 0.409. The number of nitrogens with one attached hydrogen (secondary N) is 1. The fourth-order valence-electron chi connectivity index (χ4n) is 8.47. The van der Waals surface area contributed by atoms with E-state index >= 15 is 0 Å². The molecule has 0 aromatic carbocycles. The Hall–Kier alpha value is -1.40. The second-order valence-electron chi connectivity index (χ2n) is 13.2. The van der Waals surface area contributed by atoms with Crippen LogP contribution in [0.5, 0.6) is 0 Å². The van der Waals surface area contributed by atoms with E-state index in [9.17, 15) is 13.6 Å². The molecule has 2 heterocycles. The summed E-state index contributed by atoms with van der Waals surface area (Å²) in [7, 11) is 0. The first-order valence-electron chi connectivity index (χ1n) is 15.0. The van der Waals surface area contributed by atoms with E-state index in [0.29, 0.717) is 42.0 Å². The Labute approximate surface area is 220 Å². The van der Waals surface area contributed by atoms with Gasteiger partial charge in [-0.3, -0.25) is 9.78 Å². The van der Waals surface area contributed by atoms with Gasteiger partial charge in [-0.05, 0) is 106 Å². The van der Waals surface area contributed by atoms with E-state index in [1.54, 1.807) is 6.07 Å². The highest BCUT2D eigenvalue weighted by atomic mass is 19.3. The summed E-state index contributed by atoms with van der Waals surface area (Å²) in [5.41, 5.74) is 1.82. The second-order valence-corrected chi connectivity index (χ2v) is 13.2. The molecule has 204 valence electrons. The van der Waals surface area contributed by atoms with Crippen LogP contribution in [0.25, 0.3) is 0 Å². The van der Waals surface area contributed by atoms with Gasteiger partial charge in [0.2, 0.25) is 0 Å². The van der Waals surface area contributed by atoms with Crippen LogP contribution >= 0.6 is 0 Å². The molecule has 0 spiro atoms. The molecule has 1 unspecified atom stereocenters. The molecule has 0 radical (unpaired) electrons. The first-order valence-corrected chi connectivity index (χ1v) is 15.0. The summed E-state index contributed by atoms with van der Waals surface area (Å²) in [6.45, 7) is 2.71. The Morgan fingerprint density at radius 2 is 2.08 bits per heavy atom. The summed E-state index contributed by atoms with van der Waals surface area (Å²) in [5.74, 6) is 0.0233. The first-order chi connectivity index (χ1) is 17.8. The van der Waals surface area contributed by atoms with Crippen LogP contribution in [0.3, 0.4) is 0 Å². The number of ketones is 1. The van der Waals surface area contributed by atoms with Crippen LogP contribution in [0, 0.1) is 29.1 Å². The summed E-state index contributed by atoms with van der Waals surface area (Å²) >= 11 is 0. The van der Waals surface area contributed by atoms with Gasteiger partial charge < -0.3 is 10.1 Å². The molecule has 6 rings (SSSR count). The molecule has 1 aromatic rings. The molecule has 6 heteroatoms. The van der Waals surface area contributed by atoms with Gasteiger partial charge in [0.05, 0.1) is 6.61 Å². The molecule has 0 bridgehead atoms. The Kier molecular flexibility index (Phi) is 7.19. The zero-order valence-corrected chi connectivity index (χ0v) is 22.5. The number of hydrogen-bond acceptors (Lipinski definition) is 4. The number of pyridine rings is 1. The van der Waals surface area contributed by atoms with Crippen molar-refractivity contribution in [2.24, 2.45) is 29.1 Å². The minimum absolute atomic E-state index is 0.00798. The third-order valence-electron chi connectivity index (χ3n) is 10.7. The molecule has 5 aliphatic rings. The maximum absolute atomic E-state index is 13.9. The van der Waals surface area contributed by atoms with Crippen molar-refractivity contribution < 1.29 is 18.3 Å². The number of fused-ring (bicyclic) bond motifs is 2. The minimum Gasteiger partial charge on any atom is -0.381 e. The lowest BCUT2D eigenvalue weighted by Crippen LogP contribution is -2.48. The van der Waals surface area contributed by atoms with E-state index in [0.717, 1.165) is 95.1 Å². The molecule has 1 aliphatic heterocycles. The first kappa shape index (κ1) is 25.9. The van der Waals surface area contributed by atoms with Crippen molar-refractivity contribution in [3.8, 4) is 0 Å². The predicted octanol–water partition coefficient (Wildman–Crippen LogP) is 6.39. The molecule has 37 heavy (non-hydrogen) atoms. The van der Waals surface area contributed by atoms with Crippen LogP contribution in [-0.4, -0.2) is 36.1 Å². The largest absolute Gasteiger partial charge is 0.381 e. The smallest absolute Gasteiger partial charge is 0.272 e. The van der Waals surface area contributed by atoms with Crippen molar-refractivity contribution >= 4 is 5.78 Å². The van der Waals surface area contributed by atoms with Gasteiger partial charge in [-0.15, -0.1) is 0 Å². The number of aryl methyl sites for hydroxylation is 1. The number of halogens is 2. The summed E-state index contributed by atoms with van der Waals surface area (Å²) in [5, 5.41) is 4.04. The fraction of sp³-hybridized carbons (Fsp3) is 0.806. The van der Waals surface area contributed by atoms with E-state index in [1.807, 2.05) is 0 Å². The van der Waals surface area contributed by atoms with Crippen molar-refractivity contribution in [1.82, 2.24) is 10.3 Å². The third kappa shape index (κ3) is 5.39. The fourth-order valence-corrected chi connectivity index (χ4v) is 8.47. The topological polar surface area (TPSA) is 51.2 Å². The van der Waals surface area contributed by atoms with Crippen molar-refractivity contribution in [2.45, 2.75) is 115 Å². The molecule has 6 atom stereocenters. The molecule has 1 N–H and O–H groups in total. The van der Waals surface area contributed by atoms with Gasteiger partial charge in [0.25, 0.3) is 5.92 Å². The van der Waals surface area contributed by atoms with Gasteiger partial charge in [0.1, 0.15) is 5.78 Å². The van der Waals surface area contributed by atoms with Crippen LogP contribution in [0.4, 0.5) is 8.78 Å². The van der Waals surface area contributed by atoms with Crippen molar-refractivity contribution in [3.05, 3.63) is 29.1 Å². The zero-order chi connectivity index (χ0) is 25.6. The van der Waals surface area contributed by atoms with E-state index in [1.165, 1.54) is 31.9 Å². The summed E-state index contributed by atoms with van der Waals surface area (Å²) in [4.78, 5) is 18.3. The lowest BCUT2D eigenvalue weighted by molar-refractivity contribution is -0.130. The molecule has 4 aliphatic carbocycles. The molecule has 4 nitrogen and oxygen atoms in total. The zero-order valence-electron chi connectivity index (χ0n) is 22.5. The number of nitrogens with zero attached hydrogens (tertiary/aromatic N) is 1. The normalized spacial score (nSPS) is 36.1. The van der Waals surface area contributed by atoms with Crippen LogP contribution in [0.15, 0.2) is 12.3 Å². The van der Waals surface area contributed by atoms with Gasteiger partial charge in [-0.25, -0.2) is 8.78 Å². The highest BCUT2D eigenvalue weighted by Crippen LogP contribution is 2.56. The number of rotatable bonds is 8. The van der Waals surface area contributed by atoms with Gasteiger partial charge >= 0.3 is 0 Å². The Balaban J connectivity index is 1.08. The maximum atomic E-state index is 13.9. The Bertz CT molecular complexity index is 990. The number of Topliss-reactive ketones (excluding diaryl/α,β-unsaturated/α-hetero) is 1. The maximum Gasteiger partial charge on any atom is 0.272 e. The Morgan fingerprint density at radius 1 is 1.22 bits per heavy atom. The summed E-state index contributed by atoms with van der Waals surface area (Å²) < 4.78 is 33.7. The van der Waals surface area contributed by atoms with Crippen LogP contribution < -0.4 is 5.32 Å². The van der Waals surface area contributed by atoms with Crippen LogP contribution in [0.1, 0.15) is 101 Å². The standard InChI is InChI=1S/C31H44F2N2O2/c1-30(32,33)24-15-22-14-20(4-2-6-27(22)34-18-24)7-10-29(36)31-12-3-5-23(31)16-25(17-31)35-28-11-13-37-19-26(28)21-8-9-21/h15,18,20-21,23,25-26,28,35H,2-14,16-17,19H2,1H3/t20?,23-,25-,26+,28-,31-/m1/s1. The van der Waals surface area contributed by atoms with E-state index in [-0.39, 0.29) is 11.0 Å². The number of aromatic nitrogens is 1. The molecule has 3 saturated carbocycles. The van der Waals surface area contributed by atoms with E-state index in [2.05, 4.69) is 10.3 Å². The van der Waals surface area contributed by atoms with E-state index < -0.39 is 5.92 Å². The highest BCUT2D eigenvalue weighted by Gasteiger charge is 2.54. The summed E-state index contributed by atoms with van der Waals surface area (Å²) in [6, 6.07) is 2.69. The van der Waals surface area contributed by atoms with Crippen LogP contribution in [0.2, 0.25) is 0 Å². The molecular weight excluding hydrogens is 470 g/mol. The van der Waals surface area contributed by atoms with E-state index in [4.69, 9.17) is 4.74 Å². The van der Waals surface area contributed by atoms with Gasteiger partial charge in [-0.2, -0.15) is 0 Å². The molecule has 0 amide bonds. The molecule has 1 saturated heterocycles. The highest BCUT2D eigenvalue weighted by molar-refractivity contribution is 5.86.